The van der Waals surface area contributed by atoms with Crippen LogP contribution in [0.15, 0.2) is 36.4 Å². The van der Waals surface area contributed by atoms with Gasteiger partial charge in [-0.3, -0.25) is 19.1 Å². The molecule has 2 rings (SSSR count). The van der Waals surface area contributed by atoms with Gasteiger partial charge in [-0.2, -0.15) is 0 Å². The molecule has 0 radical (unpaired) electrons. The van der Waals surface area contributed by atoms with E-state index in [1.807, 2.05) is 24.3 Å². The Morgan fingerprint density at radius 1 is 0.633 bits per heavy atom. The maximum Gasteiger partial charge on any atom is 0.336 e. The summed E-state index contributed by atoms with van der Waals surface area (Å²) < 4.78 is 47.0. The second-order valence-electron chi connectivity index (χ2n) is 6.24. The molecule has 0 unspecified atom stereocenters. The molecule has 0 aliphatic rings. The predicted octanol–water partition coefficient (Wildman–Crippen LogP) is 5.68. The molecule has 0 atom stereocenters. The summed E-state index contributed by atoms with van der Waals surface area (Å²) in [5.74, 6) is 0. The Labute approximate surface area is 178 Å². The molecule has 0 saturated carbocycles. The van der Waals surface area contributed by atoms with Crippen LogP contribution in [0.3, 0.4) is 0 Å². The van der Waals surface area contributed by atoms with E-state index in [2.05, 4.69) is 9.97 Å². The van der Waals surface area contributed by atoms with E-state index in [0.717, 1.165) is 0 Å². The fourth-order valence-corrected chi connectivity index (χ4v) is 6.09. The van der Waals surface area contributed by atoms with Gasteiger partial charge in [0.2, 0.25) is 0 Å². The van der Waals surface area contributed by atoms with Crippen molar-refractivity contribution in [3.8, 4) is 11.4 Å². The van der Waals surface area contributed by atoms with Crippen molar-refractivity contribution in [3.05, 3.63) is 47.8 Å². The average molecular weight is 456 g/mol. The van der Waals surface area contributed by atoms with Gasteiger partial charge in [0.05, 0.1) is 61.5 Å². The molecule has 0 saturated heterocycles. The van der Waals surface area contributed by atoms with Gasteiger partial charge in [-0.1, -0.05) is 12.1 Å². The number of nitrogens with zero attached hydrogens (tertiary/aromatic N) is 2. The van der Waals surface area contributed by atoms with Gasteiger partial charge >= 0.3 is 15.2 Å². The number of hydrogen-bond acceptors (Lipinski definition) is 8. The van der Waals surface area contributed by atoms with Crippen molar-refractivity contribution in [2.45, 2.75) is 40.0 Å². The van der Waals surface area contributed by atoms with Crippen molar-refractivity contribution in [2.24, 2.45) is 0 Å². The van der Waals surface area contributed by atoms with E-state index in [1.165, 1.54) is 0 Å². The monoisotopic (exact) mass is 456 g/mol. The molecule has 0 spiro atoms. The lowest BCUT2D eigenvalue weighted by Gasteiger charge is -2.17. The molecule has 0 bridgehead atoms. The molecular weight excluding hydrogens is 426 g/mol. The lowest BCUT2D eigenvalue weighted by Crippen LogP contribution is -2.03. The van der Waals surface area contributed by atoms with Crippen LogP contribution in [0.25, 0.3) is 11.4 Å². The summed E-state index contributed by atoms with van der Waals surface area (Å²) in [4.78, 5) is 9.15. The van der Waals surface area contributed by atoms with Crippen LogP contribution < -0.4 is 0 Å². The highest BCUT2D eigenvalue weighted by atomic mass is 31.2. The normalized spacial score (nSPS) is 12.3. The van der Waals surface area contributed by atoms with Gasteiger partial charge in [0.15, 0.2) is 0 Å². The topological polar surface area (TPSA) is 96.8 Å². The largest absolute Gasteiger partial charge is 0.336 e. The van der Waals surface area contributed by atoms with Gasteiger partial charge in [-0.25, -0.2) is 0 Å². The smallest absolute Gasteiger partial charge is 0.309 e. The van der Waals surface area contributed by atoms with Gasteiger partial charge in [0, 0.05) is 0 Å². The molecule has 0 aromatic carbocycles. The van der Waals surface area contributed by atoms with Crippen molar-refractivity contribution >= 4 is 15.2 Å². The quantitative estimate of drug-likeness (QED) is 0.356. The summed E-state index contributed by atoms with van der Waals surface area (Å²) in [6, 6.07) is 10.8. The summed E-state index contributed by atoms with van der Waals surface area (Å²) in [5, 5.41) is 0. The van der Waals surface area contributed by atoms with Crippen LogP contribution in [0, 0.1) is 0 Å². The van der Waals surface area contributed by atoms with Crippen LogP contribution >= 0.6 is 15.2 Å². The van der Waals surface area contributed by atoms with Crippen LogP contribution in [-0.4, -0.2) is 36.4 Å². The number of aromatic nitrogens is 2. The van der Waals surface area contributed by atoms with Crippen molar-refractivity contribution in [2.75, 3.05) is 26.4 Å². The Morgan fingerprint density at radius 2 is 0.967 bits per heavy atom. The number of hydrogen-bond donors (Lipinski definition) is 0. The molecule has 2 aromatic heterocycles. The van der Waals surface area contributed by atoms with Crippen molar-refractivity contribution < 1.29 is 27.2 Å². The standard InChI is InChI=1S/C20H30N2O6P2/c1-5-25-29(23,26-6-2)15-17-11-9-13-19(21-17)20-14-10-12-18(22-20)16-30(24,27-7-3)28-8-4/h9-14H,5-8,15-16H2,1-4H3. The van der Waals surface area contributed by atoms with E-state index in [4.69, 9.17) is 18.1 Å². The molecule has 0 amide bonds. The SMILES string of the molecule is CCOP(=O)(Cc1cccc(-c2cccc(CP(=O)(OCC)OCC)n2)n1)OCC. The first kappa shape index (κ1) is 24.9. The lowest BCUT2D eigenvalue weighted by atomic mass is 10.2. The Bertz CT molecular complexity index is 815. The second-order valence-corrected chi connectivity index (χ2v) is 10.3. The van der Waals surface area contributed by atoms with Gasteiger partial charge < -0.3 is 18.1 Å². The van der Waals surface area contributed by atoms with E-state index in [-0.39, 0.29) is 12.3 Å². The molecule has 0 aliphatic carbocycles. The minimum Gasteiger partial charge on any atom is -0.309 e. The summed E-state index contributed by atoms with van der Waals surface area (Å²) in [6.07, 6.45) is 0.151. The Kier molecular flexibility index (Phi) is 9.82. The van der Waals surface area contributed by atoms with Crippen LogP contribution in [0.2, 0.25) is 0 Å². The lowest BCUT2D eigenvalue weighted by molar-refractivity contribution is 0.218. The van der Waals surface area contributed by atoms with Gasteiger partial charge in [0.25, 0.3) is 0 Å². The molecule has 166 valence electrons. The van der Waals surface area contributed by atoms with Crippen LogP contribution in [0.5, 0.6) is 0 Å². The van der Waals surface area contributed by atoms with Gasteiger partial charge in [-0.05, 0) is 52.0 Å². The highest BCUT2D eigenvalue weighted by Crippen LogP contribution is 2.52. The zero-order valence-corrected chi connectivity index (χ0v) is 19.7. The summed E-state index contributed by atoms with van der Waals surface area (Å²) in [5.41, 5.74) is 2.38. The molecule has 2 heterocycles. The molecule has 8 nitrogen and oxygen atoms in total. The minimum atomic E-state index is -3.26. The van der Waals surface area contributed by atoms with E-state index in [1.54, 1.807) is 39.8 Å². The summed E-state index contributed by atoms with van der Waals surface area (Å²) >= 11 is 0. The fourth-order valence-electron chi connectivity index (χ4n) is 2.86. The first-order valence-corrected chi connectivity index (χ1v) is 13.5. The first-order valence-electron chi connectivity index (χ1n) is 10.1. The van der Waals surface area contributed by atoms with E-state index in [0.29, 0.717) is 49.2 Å². The molecule has 2 aromatic rings. The third-order valence-corrected chi connectivity index (χ3v) is 7.92. The maximum absolute atomic E-state index is 12.8. The minimum absolute atomic E-state index is 0.0755. The highest BCUT2D eigenvalue weighted by Gasteiger charge is 2.26. The van der Waals surface area contributed by atoms with E-state index in [9.17, 15) is 9.13 Å². The molecule has 0 fully saturated rings. The van der Waals surface area contributed by atoms with Crippen molar-refractivity contribution in [3.63, 3.8) is 0 Å². The zero-order chi connectivity index (χ0) is 22.0. The summed E-state index contributed by atoms with van der Waals surface area (Å²) in [7, 11) is -6.52. The Morgan fingerprint density at radius 3 is 1.27 bits per heavy atom. The predicted molar refractivity (Wildman–Crippen MR) is 117 cm³/mol. The van der Waals surface area contributed by atoms with Crippen molar-refractivity contribution in [1.82, 2.24) is 9.97 Å². The van der Waals surface area contributed by atoms with Crippen molar-refractivity contribution in [1.29, 1.82) is 0 Å². The van der Waals surface area contributed by atoms with E-state index < -0.39 is 15.2 Å². The van der Waals surface area contributed by atoms with Gasteiger partial charge in [0.1, 0.15) is 0 Å². The van der Waals surface area contributed by atoms with Crippen LogP contribution in [0.4, 0.5) is 0 Å². The Hall–Kier alpha value is -1.40. The number of rotatable bonds is 13. The maximum atomic E-state index is 12.8. The molecule has 0 N–H and O–H groups in total. The van der Waals surface area contributed by atoms with Crippen LogP contribution in [-0.2, 0) is 39.5 Å². The van der Waals surface area contributed by atoms with Crippen LogP contribution in [0.1, 0.15) is 39.1 Å². The third-order valence-electron chi connectivity index (χ3n) is 3.89. The fraction of sp³-hybridized carbons (Fsp3) is 0.500. The van der Waals surface area contributed by atoms with E-state index >= 15 is 0 Å². The zero-order valence-electron chi connectivity index (χ0n) is 17.9. The average Bonchev–Trinajstić information content (AvgIpc) is 2.69. The second kappa shape index (κ2) is 11.8. The molecule has 30 heavy (non-hydrogen) atoms. The third kappa shape index (κ3) is 7.38. The van der Waals surface area contributed by atoms with Gasteiger partial charge in [-0.15, -0.1) is 0 Å². The highest BCUT2D eigenvalue weighted by molar-refractivity contribution is 7.53. The number of pyridine rings is 2. The molecular formula is C20H30N2O6P2. The Balaban J connectivity index is 2.26. The molecule has 0 aliphatic heterocycles. The first-order chi connectivity index (χ1) is 14.4. The molecule has 10 heteroatoms. The summed E-state index contributed by atoms with van der Waals surface area (Å²) in [6.45, 7) is 8.26.